The molecule has 0 aromatic rings. The maximum absolute atomic E-state index is 10.3. The third-order valence-electron chi connectivity index (χ3n) is 0.880. The first kappa shape index (κ1) is 20.7. The second-order valence-corrected chi connectivity index (χ2v) is 30.3. The Balaban J connectivity index is 0. The van der Waals surface area contributed by atoms with Crippen molar-refractivity contribution in [2.75, 3.05) is 17.3 Å². The van der Waals surface area contributed by atoms with Gasteiger partial charge in [-0.15, -0.1) is 0 Å². The first-order chi connectivity index (χ1) is 7.41. The molecule has 0 amide bonds. The molecule has 0 unspecified atom stereocenters. The average molecular weight is 505 g/mol. The van der Waals surface area contributed by atoms with E-state index in [-0.39, 0.29) is 46.8 Å². The van der Waals surface area contributed by atoms with E-state index in [0.717, 1.165) is 0 Å². The van der Waals surface area contributed by atoms with Gasteiger partial charge >= 0.3 is 137 Å². The van der Waals surface area contributed by atoms with E-state index in [1.807, 2.05) is 0 Å². The molecule has 6 nitrogen and oxygen atoms in total. The maximum atomic E-state index is 10.3. The normalized spacial score (nSPS) is 9.71. The molecule has 0 atom stereocenters. The predicted octanol–water partition coefficient (Wildman–Crippen LogP) is -2.57. The summed E-state index contributed by atoms with van der Waals surface area (Å²) in [5, 5.41) is 25.4. The Morgan fingerprint density at radius 2 is 1.00 bits per heavy atom. The number of hydrogen-bond donors (Lipinski definition) is 3. The fourth-order valence-electron chi connectivity index (χ4n) is 0.436. The molecule has 0 aliphatic heterocycles. The summed E-state index contributed by atoms with van der Waals surface area (Å²) in [6, 6.07) is 0. The first-order valence-electron chi connectivity index (χ1n) is 3.76. The van der Waals surface area contributed by atoms with Crippen LogP contribution in [0.2, 0.25) is 0 Å². The smallest absolute Gasteiger partial charge is 1.00 e. The van der Waals surface area contributed by atoms with E-state index in [1.54, 1.807) is 0 Å². The molecule has 17 heavy (non-hydrogen) atoms. The van der Waals surface area contributed by atoms with E-state index >= 15 is 0 Å². The predicted molar refractivity (Wildman–Crippen MR) is 66.0 cm³/mol. The minimum absolute atomic E-state index is 0. The van der Waals surface area contributed by atoms with E-state index in [9.17, 15) is 14.4 Å². The number of carboxylic acid groups (broad SMARTS) is 3. The Hall–Kier alpha value is 1.34. The molecular formula is C6H9BiNaO6S3+. The van der Waals surface area contributed by atoms with Crippen LogP contribution in [-0.2, 0) is 14.4 Å². The van der Waals surface area contributed by atoms with E-state index in [0.29, 0.717) is 0 Å². The van der Waals surface area contributed by atoms with Crippen LogP contribution in [0, 0.1) is 0 Å². The van der Waals surface area contributed by atoms with Crippen molar-refractivity contribution in [3.63, 3.8) is 0 Å². The van der Waals surface area contributed by atoms with Gasteiger partial charge in [-0.3, -0.25) is 0 Å². The molecule has 0 aliphatic rings. The average Bonchev–Trinajstić information content (AvgIpc) is 2.15. The van der Waals surface area contributed by atoms with Crippen LogP contribution in [0.15, 0.2) is 0 Å². The molecule has 0 radical (unpaired) electrons. The SMILES string of the molecule is O=C(O)C[S][Bi]([S]CC(=O)O)[S]CC(=O)O.[Na+]. The van der Waals surface area contributed by atoms with Crippen LogP contribution in [0.5, 0.6) is 0 Å². The van der Waals surface area contributed by atoms with Crippen molar-refractivity contribution in [3.05, 3.63) is 0 Å². The zero-order valence-electron chi connectivity index (χ0n) is 8.86. The van der Waals surface area contributed by atoms with Crippen LogP contribution in [0.3, 0.4) is 0 Å². The Bertz CT molecular complexity index is 236. The van der Waals surface area contributed by atoms with Crippen molar-refractivity contribution >= 4 is 60.8 Å². The van der Waals surface area contributed by atoms with Crippen LogP contribution in [0.1, 0.15) is 0 Å². The van der Waals surface area contributed by atoms with Crippen LogP contribution in [0.4, 0.5) is 0 Å². The number of hydrogen-bond acceptors (Lipinski definition) is 6. The van der Waals surface area contributed by atoms with E-state index in [2.05, 4.69) is 0 Å². The fraction of sp³-hybridized carbons (Fsp3) is 0.500. The van der Waals surface area contributed by atoms with E-state index in [1.165, 1.54) is 25.6 Å². The third-order valence-corrected chi connectivity index (χ3v) is 31.2. The van der Waals surface area contributed by atoms with Crippen LogP contribution >= 0.6 is 25.6 Å². The molecule has 92 valence electrons. The molecule has 0 saturated heterocycles. The summed E-state index contributed by atoms with van der Waals surface area (Å²) in [5.74, 6) is -3.14. The van der Waals surface area contributed by atoms with Crippen molar-refractivity contribution < 1.29 is 59.3 Å². The summed E-state index contributed by atoms with van der Waals surface area (Å²) >= 11 is -2.45. The zero-order valence-corrected chi connectivity index (χ0v) is 16.8. The Kier molecular flexibility index (Phi) is 15.0. The summed E-state index contributed by atoms with van der Waals surface area (Å²) in [5.41, 5.74) is 0. The van der Waals surface area contributed by atoms with Crippen LogP contribution in [-0.4, -0.2) is 67.8 Å². The van der Waals surface area contributed by atoms with Gasteiger partial charge in [-0.05, 0) is 0 Å². The summed E-state index contributed by atoms with van der Waals surface area (Å²) in [7, 11) is 3.65. The molecule has 0 rings (SSSR count). The number of rotatable bonds is 9. The molecule has 0 aromatic heterocycles. The Labute approximate surface area is 135 Å². The van der Waals surface area contributed by atoms with Gasteiger partial charge in [0.2, 0.25) is 0 Å². The molecule has 0 fully saturated rings. The van der Waals surface area contributed by atoms with Crippen molar-refractivity contribution in [1.82, 2.24) is 0 Å². The third kappa shape index (κ3) is 15.3. The quantitative estimate of drug-likeness (QED) is 0.291. The molecule has 0 saturated carbocycles. The molecule has 11 heteroatoms. The van der Waals surface area contributed by atoms with Crippen molar-refractivity contribution in [2.45, 2.75) is 0 Å². The summed E-state index contributed by atoms with van der Waals surface area (Å²) in [4.78, 5) is 31.0. The van der Waals surface area contributed by atoms with Crippen molar-refractivity contribution in [3.8, 4) is 0 Å². The van der Waals surface area contributed by atoms with Gasteiger partial charge in [-0.1, -0.05) is 0 Å². The van der Waals surface area contributed by atoms with Gasteiger partial charge in [0.1, 0.15) is 0 Å². The summed E-state index contributed by atoms with van der Waals surface area (Å²) < 4.78 is 0. The molecule has 0 aromatic carbocycles. The fourth-order valence-corrected chi connectivity index (χ4v) is 25.7. The van der Waals surface area contributed by atoms with Crippen LogP contribution < -0.4 is 29.6 Å². The number of aliphatic carboxylic acids is 3. The van der Waals surface area contributed by atoms with Gasteiger partial charge in [0.15, 0.2) is 0 Å². The van der Waals surface area contributed by atoms with Gasteiger partial charge in [-0.25, -0.2) is 0 Å². The second-order valence-electron chi connectivity index (χ2n) is 2.23. The van der Waals surface area contributed by atoms with Gasteiger partial charge in [0, 0.05) is 0 Å². The summed E-state index contributed by atoms with van der Waals surface area (Å²) in [6.45, 7) is 0. The molecule has 0 spiro atoms. The summed E-state index contributed by atoms with van der Waals surface area (Å²) in [6.07, 6.45) is 0. The maximum Gasteiger partial charge on any atom is 1.00 e. The van der Waals surface area contributed by atoms with Crippen LogP contribution in [0.25, 0.3) is 0 Å². The molecule has 0 heterocycles. The van der Waals surface area contributed by atoms with E-state index < -0.39 is 35.3 Å². The van der Waals surface area contributed by atoms with E-state index in [4.69, 9.17) is 15.3 Å². The van der Waals surface area contributed by atoms with Gasteiger partial charge in [0.25, 0.3) is 0 Å². The molecule has 0 bridgehead atoms. The zero-order chi connectivity index (χ0) is 12.6. The van der Waals surface area contributed by atoms with Gasteiger partial charge in [0.05, 0.1) is 0 Å². The van der Waals surface area contributed by atoms with Crippen molar-refractivity contribution in [1.29, 1.82) is 0 Å². The monoisotopic (exact) mass is 505 g/mol. The van der Waals surface area contributed by atoms with Gasteiger partial charge in [-0.2, -0.15) is 0 Å². The number of carboxylic acids is 3. The molecule has 3 N–H and O–H groups in total. The first-order valence-corrected chi connectivity index (χ1v) is 19.4. The number of carbonyl (C=O) groups is 3. The molecular weight excluding hydrogens is 496 g/mol. The molecule has 0 aliphatic carbocycles. The minimum Gasteiger partial charge on any atom is 1.00 e. The van der Waals surface area contributed by atoms with Crippen molar-refractivity contribution in [2.24, 2.45) is 0 Å². The second kappa shape index (κ2) is 12.4. The Morgan fingerprint density at radius 3 is 1.18 bits per heavy atom. The topological polar surface area (TPSA) is 112 Å². The van der Waals surface area contributed by atoms with Gasteiger partial charge < -0.3 is 0 Å². The Morgan fingerprint density at radius 1 is 0.765 bits per heavy atom. The minimum atomic E-state index is -2.45. The largest absolute Gasteiger partial charge is 1.00 e. The standard InChI is InChI=1S/3C2H4O2S.Bi.Na/c3*3-2(4)1-5;;/h3*5H,1H2,(H,3,4);;/q;;;+3;+1/p-3.